The second-order valence-electron chi connectivity index (χ2n) is 6.18. The number of hydrogen-bond acceptors (Lipinski definition) is 2. The summed E-state index contributed by atoms with van der Waals surface area (Å²) in [5.74, 6) is 0.793. The average Bonchev–Trinajstić information content (AvgIpc) is 3.04. The second-order valence-corrected chi connectivity index (χ2v) is 6.18. The van der Waals surface area contributed by atoms with Crippen LogP contribution < -0.4 is 10.6 Å². The maximum absolute atomic E-state index is 4.40. The largest absolute Gasteiger partial charge is 0.361 e. The Labute approximate surface area is 148 Å². The number of para-hydroxylation sites is 1. The van der Waals surface area contributed by atoms with Gasteiger partial charge in [-0.15, -0.1) is 0 Å². The highest BCUT2D eigenvalue weighted by molar-refractivity contribution is 5.86. The lowest BCUT2D eigenvalue weighted by Crippen LogP contribution is -2.38. The van der Waals surface area contributed by atoms with Crippen molar-refractivity contribution in [3.63, 3.8) is 0 Å². The van der Waals surface area contributed by atoms with Gasteiger partial charge in [-0.3, -0.25) is 9.98 Å². The Morgan fingerprint density at radius 1 is 1.12 bits per heavy atom. The molecule has 5 nitrogen and oxygen atoms in total. The third kappa shape index (κ3) is 3.99. The van der Waals surface area contributed by atoms with Crippen LogP contribution in [0.3, 0.4) is 0 Å². The highest BCUT2D eigenvalue weighted by Crippen LogP contribution is 2.21. The normalized spacial score (nSPS) is 11.7. The first-order valence-corrected chi connectivity index (χ1v) is 8.59. The Hall–Kier alpha value is -2.82. The zero-order valence-electron chi connectivity index (χ0n) is 15.1. The Morgan fingerprint density at radius 2 is 1.96 bits per heavy atom. The number of nitrogens with one attached hydrogen (secondary N) is 3. The number of nitrogens with zero attached hydrogens (tertiary/aromatic N) is 2. The summed E-state index contributed by atoms with van der Waals surface area (Å²) in [6.45, 7) is 5.69. The molecular formula is C20H25N5. The Kier molecular flexibility index (Phi) is 5.33. The molecule has 0 aliphatic heterocycles. The number of aliphatic imine (C=N–C) groups is 1. The number of aromatic nitrogens is 2. The summed E-state index contributed by atoms with van der Waals surface area (Å²) in [5, 5.41) is 8.00. The summed E-state index contributed by atoms with van der Waals surface area (Å²) in [4.78, 5) is 12.1. The molecule has 0 radical (unpaired) electrons. The zero-order chi connectivity index (χ0) is 17.6. The molecule has 3 aromatic rings. The maximum Gasteiger partial charge on any atom is 0.191 e. The van der Waals surface area contributed by atoms with Gasteiger partial charge >= 0.3 is 0 Å². The molecule has 0 amide bonds. The van der Waals surface area contributed by atoms with Gasteiger partial charge in [0.2, 0.25) is 0 Å². The predicted molar refractivity (Wildman–Crippen MR) is 104 cm³/mol. The highest BCUT2D eigenvalue weighted by atomic mass is 15.2. The van der Waals surface area contributed by atoms with Crippen molar-refractivity contribution in [2.45, 2.75) is 26.8 Å². The number of aryl methyl sites for hydroxylation is 2. The number of rotatable bonds is 5. The van der Waals surface area contributed by atoms with Crippen molar-refractivity contribution in [2.24, 2.45) is 4.99 Å². The Bertz CT molecular complexity index is 879. The molecule has 0 atom stereocenters. The van der Waals surface area contributed by atoms with Crippen molar-refractivity contribution in [3.8, 4) is 0 Å². The van der Waals surface area contributed by atoms with Crippen molar-refractivity contribution in [2.75, 3.05) is 13.6 Å². The molecule has 0 bridgehead atoms. The van der Waals surface area contributed by atoms with Crippen LogP contribution in [-0.4, -0.2) is 29.5 Å². The quantitative estimate of drug-likeness (QED) is 0.496. The lowest BCUT2D eigenvalue weighted by atomic mass is 10.1. The van der Waals surface area contributed by atoms with Gasteiger partial charge in [0.1, 0.15) is 0 Å². The van der Waals surface area contributed by atoms with E-state index in [4.69, 9.17) is 0 Å². The van der Waals surface area contributed by atoms with Crippen LogP contribution in [0.15, 0.2) is 47.7 Å². The van der Waals surface area contributed by atoms with E-state index >= 15 is 0 Å². The topological polar surface area (TPSA) is 65.1 Å². The van der Waals surface area contributed by atoms with Crippen molar-refractivity contribution in [3.05, 3.63) is 65.1 Å². The van der Waals surface area contributed by atoms with Crippen LogP contribution in [0.5, 0.6) is 0 Å². The van der Waals surface area contributed by atoms with Gasteiger partial charge in [-0.1, -0.05) is 24.3 Å². The Balaban J connectivity index is 1.55. The molecule has 2 aromatic heterocycles. The monoisotopic (exact) mass is 335 g/mol. The fourth-order valence-electron chi connectivity index (χ4n) is 2.98. The summed E-state index contributed by atoms with van der Waals surface area (Å²) in [6.07, 6.45) is 4.86. The number of hydrogen-bond donors (Lipinski definition) is 3. The number of pyridine rings is 1. The molecule has 0 aliphatic carbocycles. The minimum Gasteiger partial charge on any atom is -0.361 e. The summed E-state index contributed by atoms with van der Waals surface area (Å²) in [5.41, 5.74) is 6.05. The van der Waals surface area contributed by atoms with Crippen LogP contribution in [0.1, 0.15) is 22.4 Å². The molecule has 3 rings (SSSR count). The van der Waals surface area contributed by atoms with Gasteiger partial charge in [0.05, 0.1) is 12.2 Å². The van der Waals surface area contributed by atoms with Crippen molar-refractivity contribution < 1.29 is 0 Å². The van der Waals surface area contributed by atoms with Crippen LogP contribution >= 0.6 is 0 Å². The van der Waals surface area contributed by atoms with E-state index in [1.807, 2.05) is 12.3 Å². The first-order valence-electron chi connectivity index (χ1n) is 8.59. The third-order valence-electron chi connectivity index (χ3n) is 4.46. The number of aromatic amines is 1. The van der Waals surface area contributed by atoms with E-state index in [1.165, 1.54) is 27.6 Å². The molecular weight excluding hydrogens is 310 g/mol. The first kappa shape index (κ1) is 17.0. The van der Waals surface area contributed by atoms with Gasteiger partial charge in [0.15, 0.2) is 5.96 Å². The molecule has 3 N–H and O–H groups in total. The minimum absolute atomic E-state index is 0.665. The van der Waals surface area contributed by atoms with Gasteiger partial charge in [-0.05, 0) is 43.0 Å². The van der Waals surface area contributed by atoms with E-state index in [0.717, 1.165) is 24.6 Å². The minimum atomic E-state index is 0.665. The standard InChI is InChI=1S/C20H25N5/c1-14-7-5-10-22-18(14)13-25-20(21-3)23-11-9-16-12-24-19-15(2)6-4-8-17(16)19/h4-8,10,12,24H,9,11,13H2,1-3H3,(H2,21,23,25). The number of H-pyrrole nitrogens is 1. The van der Waals surface area contributed by atoms with E-state index in [2.05, 4.69) is 69.9 Å². The molecule has 2 heterocycles. The summed E-state index contributed by atoms with van der Waals surface area (Å²) in [7, 11) is 1.79. The molecule has 5 heteroatoms. The second kappa shape index (κ2) is 7.83. The lowest BCUT2D eigenvalue weighted by Gasteiger charge is -2.12. The highest BCUT2D eigenvalue weighted by Gasteiger charge is 2.06. The van der Waals surface area contributed by atoms with Crippen LogP contribution in [0.2, 0.25) is 0 Å². The van der Waals surface area contributed by atoms with Gasteiger partial charge < -0.3 is 15.6 Å². The Morgan fingerprint density at radius 3 is 2.76 bits per heavy atom. The lowest BCUT2D eigenvalue weighted by molar-refractivity contribution is 0.781. The van der Waals surface area contributed by atoms with Gasteiger partial charge in [0.25, 0.3) is 0 Å². The number of benzene rings is 1. The summed E-state index contributed by atoms with van der Waals surface area (Å²) < 4.78 is 0. The van der Waals surface area contributed by atoms with Gasteiger partial charge in [-0.2, -0.15) is 0 Å². The van der Waals surface area contributed by atoms with E-state index in [-0.39, 0.29) is 0 Å². The van der Waals surface area contributed by atoms with Crippen molar-refractivity contribution >= 4 is 16.9 Å². The maximum atomic E-state index is 4.40. The molecule has 1 aromatic carbocycles. The molecule has 0 fully saturated rings. The van der Waals surface area contributed by atoms with Crippen LogP contribution in [0.25, 0.3) is 10.9 Å². The predicted octanol–water partition coefficient (Wildman–Crippen LogP) is 3.09. The molecule has 0 saturated heterocycles. The summed E-state index contributed by atoms with van der Waals surface area (Å²) in [6, 6.07) is 10.4. The SMILES string of the molecule is CN=C(NCCc1c[nH]c2c(C)cccc12)NCc1ncccc1C. The summed E-state index contributed by atoms with van der Waals surface area (Å²) >= 11 is 0. The van der Waals surface area contributed by atoms with E-state index in [1.54, 1.807) is 7.05 Å². The van der Waals surface area contributed by atoms with Crippen LogP contribution in [-0.2, 0) is 13.0 Å². The molecule has 0 saturated carbocycles. The first-order chi connectivity index (χ1) is 12.2. The van der Waals surface area contributed by atoms with Crippen molar-refractivity contribution in [1.82, 2.24) is 20.6 Å². The smallest absolute Gasteiger partial charge is 0.191 e. The van der Waals surface area contributed by atoms with Gasteiger partial charge in [0, 0.05) is 36.9 Å². The fourth-order valence-corrected chi connectivity index (χ4v) is 2.98. The van der Waals surface area contributed by atoms with Crippen LogP contribution in [0.4, 0.5) is 0 Å². The number of guanidine groups is 1. The zero-order valence-corrected chi connectivity index (χ0v) is 15.1. The molecule has 0 unspecified atom stereocenters. The van der Waals surface area contributed by atoms with Gasteiger partial charge in [-0.25, -0.2) is 0 Å². The molecule has 25 heavy (non-hydrogen) atoms. The molecule has 0 spiro atoms. The van der Waals surface area contributed by atoms with E-state index in [0.29, 0.717) is 6.54 Å². The molecule has 0 aliphatic rings. The third-order valence-corrected chi connectivity index (χ3v) is 4.46. The average molecular weight is 335 g/mol. The van der Waals surface area contributed by atoms with Crippen LogP contribution in [0, 0.1) is 13.8 Å². The molecule has 130 valence electrons. The van der Waals surface area contributed by atoms with E-state index < -0.39 is 0 Å². The van der Waals surface area contributed by atoms with Crippen molar-refractivity contribution in [1.29, 1.82) is 0 Å². The number of fused-ring (bicyclic) bond motifs is 1. The fraction of sp³-hybridized carbons (Fsp3) is 0.300. The van der Waals surface area contributed by atoms with E-state index in [9.17, 15) is 0 Å².